The van der Waals surface area contributed by atoms with Crippen LogP contribution in [0, 0.1) is 0 Å². The standard InChI is InChI=1S/C17H18F3N5O2/c1-24(7-2-8-25-9-10-27-16(25)26)14-11-13(17(18,19)20)22-15(23-14)12-3-5-21-6-4-12/h3-6,11H,2,7-10H2,1H3. The van der Waals surface area contributed by atoms with Crippen molar-refractivity contribution in [1.29, 1.82) is 0 Å². The van der Waals surface area contributed by atoms with Crippen LogP contribution in [0.3, 0.4) is 0 Å². The van der Waals surface area contributed by atoms with E-state index in [1.807, 2.05) is 0 Å². The summed E-state index contributed by atoms with van der Waals surface area (Å²) in [6.45, 7) is 1.79. The van der Waals surface area contributed by atoms with Crippen LogP contribution in [0.25, 0.3) is 11.4 Å². The summed E-state index contributed by atoms with van der Waals surface area (Å²) in [7, 11) is 1.65. The van der Waals surface area contributed by atoms with E-state index < -0.39 is 11.9 Å². The molecule has 1 amide bonds. The zero-order chi connectivity index (χ0) is 19.4. The number of rotatable bonds is 6. The Morgan fingerprint density at radius 3 is 2.63 bits per heavy atom. The average Bonchev–Trinajstić information content (AvgIpc) is 3.06. The summed E-state index contributed by atoms with van der Waals surface area (Å²) in [6, 6.07) is 4.03. The zero-order valence-electron chi connectivity index (χ0n) is 14.6. The first kappa shape index (κ1) is 18.9. The number of alkyl halides is 3. The van der Waals surface area contributed by atoms with E-state index in [-0.39, 0.29) is 17.7 Å². The highest BCUT2D eigenvalue weighted by atomic mass is 19.4. The molecule has 144 valence electrons. The highest BCUT2D eigenvalue weighted by Crippen LogP contribution is 2.31. The van der Waals surface area contributed by atoms with Crippen LogP contribution in [0.4, 0.5) is 23.8 Å². The van der Waals surface area contributed by atoms with Crippen LogP contribution in [0.15, 0.2) is 30.6 Å². The fraction of sp³-hybridized carbons (Fsp3) is 0.412. The van der Waals surface area contributed by atoms with Crippen molar-refractivity contribution in [2.45, 2.75) is 12.6 Å². The number of nitrogens with zero attached hydrogens (tertiary/aromatic N) is 5. The van der Waals surface area contributed by atoms with Gasteiger partial charge in [0.2, 0.25) is 0 Å². The molecule has 1 aliphatic heterocycles. The first-order valence-corrected chi connectivity index (χ1v) is 8.34. The van der Waals surface area contributed by atoms with Gasteiger partial charge in [0.1, 0.15) is 12.4 Å². The number of cyclic esters (lactones) is 1. The molecule has 1 aliphatic rings. The maximum absolute atomic E-state index is 13.2. The Labute approximate surface area is 153 Å². The van der Waals surface area contributed by atoms with Gasteiger partial charge in [-0.25, -0.2) is 14.8 Å². The molecule has 0 unspecified atom stereocenters. The van der Waals surface area contributed by atoms with Crippen LogP contribution in [0.1, 0.15) is 12.1 Å². The largest absolute Gasteiger partial charge is 0.448 e. The SMILES string of the molecule is CN(CCCN1CCOC1=O)c1cc(C(F)(F)F)nc(-c2ccncc2)n1. The van der Waals surface area contributed by atoms with Crippen LogP contribution in [-0.2, 0) is 10.9 Å². The van der Waals surface area contributed by atoms with E-state index in [1.54, 1.807) is 29.0 Å². The quantitative estimate of drug-likeness (QED) is 0.766. The Hall–Kier alpha value is -2.91. The molecule has 10 heteroatoms. The van der Waals surface area contributed by atoms with Crippen molar-refractivity contribution >= 4 is 11.9 Å². The van der Waals surface area contributed by atoms with Crippen molar-refractivity contribution in [2.24, 2.45) is 0 Å². The lowest BCUT2D eigenvalue weighted by Gasteiger charge is -2.21. The van der Waals surface area contributed by atoms with Crippen molar-refractivity contribution in [1.82, 2.24) is 19.9 Å². The van der Waals surface area contributed by atoms with Crippen molar-refractivity contribution < 1.29 is 22.7 Å². The molecule has 0 aromatic carbocycles. The fourth-order valence-corrected chi connectivity index (χ4v) is 2.65. The summed E-state index contributed by atoms with van der Waals surface area (Å²) in [5.74, 6) is 0.144. The van der Waals surface area contributed by atoms with Crippen molar-refractivity contribution in [2.75, 3.05) is 38.2 Å². The third-order valence-corrected chi connectivity index (χ3v) is 4.10. The number of carbonyl (C=O) groups is 1. The van der Waals surface area contributed by atoms with Crippen LogP contribution >= 0.6 is 0 Å². The van der Waals surface area contributed by atoms with Crippen LogP contribution < -0.4 is 4.90 Å². The molecule has 0 atom stereocenters. The number of halogens is 3. The van der Waals surface area contributed by atoms with Gasteiger partial charge in [-0.15, -0.1) is 0 Å². The van der Waals surface area contributed by atoms with Gasteiger partial charge >= 0.3 is 12.3 Å². The first-order valence-electron chi connectivity index (χ1n) is 8.34. The maximum Gasteiger partial charge on any atom is 0.433 e. The summed E-state index contributed by atoms with van der Waals surface area (Å²) in [6.07, 6.45) is -1.44. The van der Waals surface area contributed by atoms with Gasteiger partial charge in [0, 0.05) is 44.2 Å². The van der Waals surface area contributed by atoms with Gasteiger partial charge in [-0.05, 0) is 18.6 Å². The predicted octanol–water partition coefficient (Wildman–Crippen LogP) is 2.84. The summed E-state index contributed by atoms with van der Waals surface area (Å²) in [5, 5.41) is 0. The van der Waals surface area contributed by atoms with E-state index in [1.165, 1.54) is 12.4 Å². The topological polar surface area (TPSA) is 71.5 Å². The lowest BCUT2D eigenvalue weighted by atomic mass is 10.2. The second-order valence-electron chi connectivity index (χ2n) is 6.05. The number of ether oxygens (including phenoxy) is 1. The molecule has 1 fully saturated rings. The number of hydrogen-bond acceptors (Lipinski definition) is 6. The molecule has 0 bridgehead atoms. The second kappa shape index (κ2) is 7.77. The summed E-state index contributed by atoms with van der Waals surface area (Å²) >= 11 is 0. The minimum Gasteiger partial charge on any atom is -0.448 e. The van der Waals surface area contributed by atoms with Crippen molar-refractivity contribution in [3.8, 4) is 11.4 Å². The molecule has 0 radical (unpaired) electrons. The molecular weight excluding hydrogens is 363 g/mol. The monoisotopic (exact) mass is 381 g/mol. The normalized spacial score (nSPS) is 14.4. The Bertz CT molecular complexity index is 801. The van der Waals surface area contributed by atoms with Crippen LogP contribution in [0.2, 0.25) is 0 Å². The van der Waals surface area contributed by atoms with Gasteiger partial charge in [0.05, 0.1) is 6.54 Å². The Kier molecular flexibility index (Phi) is 5.43. The molecule has 0 aliphatic carbocycles. The Morgan fingerprint density at radius 2 is 2.00 bits per heavy atom. The van der Waals surface area contributed by atoms with Crippen molar-refractivity contribution in [3.05, 3.63) is 36.3 Å². The third-order valence-electron chi connectivity index (χ3n) is 4.10. The molecule has 0 N–H and O–H groups in total. The molecule has 3 rings (SSSR count). The van der Waals surface area contributed by atoms with Gasteiger partial charge in [0.15, 0.2) is 11.5 Å². The molecule has 7 nitrogen and oxygen atoms in total. The third kappa shape index (κ3) is 4.63. The number of pyridine rings is 1. The molecule has 3 heterocycles. The van der Waals surface area contributed by atoms with Gasteiger partial charge in [-0.2, -0.15) is 13.2 Å². The first-order chi connectivity index (χ1) is 12.8. The van der Waals surface area contributed by atoms with Gasteiger partial charge in [-0.1, -0.05) is 0 Å². The maximum atomic E-state index is 13.2. The predicted molar refractivity (Wildman–Crippen MR) is 91.1 cm³/mol. The van der Waals surface area contributed by atoms with Crippen molar-refractivity contribution in [3.63, 3.8) is 0 Å². The van der Waals surface area contributed by atoms with Gasteiger partial charge < -0.3 is 14.5 Å². The number of hydrogen-bond donors (Lipinski definition) is 0. The van der Waals surface area contributed by atoms with E-state index in [4.69, 9.17) is 4.74 Å². The van der Waals surface area contributed by atoms with Crippen LogP contribution in [-0.4, -0.2) is 59.2 Å². The second-order valence-corrected chi connectivity index (χ2v) is 6.05. The molecule has 0 saturated carbocycles. The van der Waals surface area contributed by atoms with E-state index in [9.17, 15) is 18.0 Å². The zero-order valence-corrected chi connectivity index (χ0v) is 14.6. The van der Waals surface area contributed by atoms with Crippen LogP contribution in [0.5, 0.6) is 0 Å². The average molecular weight is 381 g/mol. The lowest BCUT2D eigenvalue weighted by molar-refractivity contribution is -0.141. The Balaban J connectivity index is 1.77. The van der Waals surface area contributed by atoms with Gasteiger partial charge in [-0.3, -0.25) is 4.98 Å². The number of anilines is 1. The number of amides is 1. The lowest BCUT2D eigenvalue weighted by Crippen LogP contribution is -2.29. The molecule has 2 aromatic rings. The molecular formula is C17H18F3N5O2. The number of carbonyl (C=O) groups excluding carboxylic acids is 1. The summed E-state index contributed by atoms with van der Waals surface area (Å²) in [4.78, 5) is 26.4. The van der Waals surface area contributed by atoms with E-state index in [0.29, 0.717) is 38.2 Å². The fourth-order valence-electron chi connectivity index (χ4n) is 2.65. The summed E-state index contributed by atoms with van der Waals surface area (Å²) < 4.78 is 44.6. The highest BCUT2D eigenvalue weighted by Gasteiger charge is 2.34. The van der Waals surface area contributed by atoms with E-state index in [0.717, 1.165) is 6.07 Å². The smallest absolute Gasteiger partial charge is 0.433 e. The minimum atomic E-state index is -4.58. The highest BCUT2D eigenvalue weighted by molar-refractivity contribution is 5.69. The molecule has 2 aromatic heterocycles. The van der Waals surface area contributed by atoms with E-state index in [2.05, 4.69) is 15.0 Å². The molecule has 27 heavy (non-hydrogen) atoms. The molecule has 1 saturated heterocycles. The number of aromatic nitrogens is 3. The van der Waals surface area contributed by atoms with E-state index >= 15 is 0 Å². The van der Waals surface area contributed by atoms with Gasteiger partial charge in [0.25, 0.3) is 0 Å². The minimum absolute atomic E-state index is 0.0165. The summed E-state index contributed by atoms with van der Waals surface area (Å²) in [5.41, 5.74) is -0.556. The molecule has 0 spiro atoms. The Morgan fingerprint density at radius 1 is 1.26 bits per heavy atom.